The Labute approximate surface area is 189 Å². The average Bonchev–Trinajstić information content (AvgIpc) is 2.69. The highest BCUT2D eigenvalue weighted by atomic mass is 32.1. The van der Waals surface area contributed by atoms with Crippen molar-refractivity contribution in [2.24, 2.45) is 17.2 Å². The third-order valence-electron chi connectivity index (χ3n) is 4.20. The molecule has 0 aliphatic carbocycles. The summed E-state index contributed by atoms with van der Waals surface area (Å²) in [6, 6.07) is -5.51. The summed E-state index contributed by atoms with van der Waals surface area (Å²) in [5.41, 5.74) is 15.7. The first-order chi connectivity index (χ1) is 14.8. The Morgan fingerprint density at radius 2 is 1.25 bits per heavy atom. The highest BCUT2D eigenvalue weighted by Gasteiger charge is 2.32. The van der Waals surface area contributed by atoms with E-state index in [1.165, 1.54) is 0 Å². The maximum atomic E-state index is 12.7. The summed E-state index contributed by atoms with van der Waals surface area (Å²) in [6.45, 7) is 1.14. The molecular formula is C17H30N6O8S. The van der Waals surface area contributed by atoms with Crippen molar-refractivity contribution in [3.8, 4) is 0 Å². The molecule has 11 N–H and O–H groups in total. The number of aliphatic hydroxyl groups is 1. The van der Waals surface area contributed by atoms with Crippen LogP contribution in [0.2, 0.25) is 0 Å². The maximum Gasteiger partial charge on any atom is 0.328 e. The smallest absolute Gasteiger partial charge is 0.328 e. The Hall–Kier alpha value is -2.91. The summed E-state index contributed by atoms with van der Waals surface area (Å²) in [5.74, 6) is -5.78. The molecule has 14 nitrogen and oxygen atoms in total. The third kappa shape index (κ3) is 10.9. The summed E-state index contributed by atoms with van der Waals surface area (Å²) < 4.78 is 0. The highest BCUT2D eigenvalue weighted by Crippen LogP contribution is 2.05. The summed E-state index contributed by atoms with van der Waals surface area (Å²) in [7, 11) is 0. The average molecular weight is 479 g/mol. The number of thiol groups is 1. The second-order valence-corrected chi connectivity index (χ2v) is 7.35. The van der Waals surface area contributed by atoms with Gasteiger partial charge < -0.3 is 43.4 Å². The zero-order chi connectivity index (χ0) is 25.0. The van der Waals surface area contributed by atoms with Gasteiger partial charge in [-0.2, -0.15) is 12.6 Å². The van der Waals surface area contributed by atoms with Crippen LogP contribution in [0.4, 0.5) is 0 Å². The number of hydrogen-bond donors (Lipinski definition) is 9. The van der Waals surface area contributed by atoms with Gasteiger partial charge >= 0.3 is 5.97 Å². The lowest BCUT2D eigenvalue weighted by Crippen LogP contribution is -2.58. The van der Waals surface area contributed by atoms with Gasteiger partial charge in [-0.25, -0.2) is 4.79 Å². The number of nitrogens with two attached hydrogens (primary N) is 3. The van der Waals surface area contributed by atoms with Crippen LogP contribution in [0.25, 0.3) is 0 Å². The van der Waals surface area contributed by atoms with Gasteiger partial charge in [0.25, 0.3) is 0 Å². The standard InChI is InChI=1S/C17H30N6O8S/c1-7(24)13(17(30)31)23-16(29)10(3-5-12(20)26)22-15(28)9(2-4-11(19)25)21-14(27)8(18)6-32/h7-10,13,24,32H,2-6,18H2,1H3,(H2,19,25)(H2,20,26)(H,21,27)(H,22,28)(H,23,29)(H,30,31). The van der Waals surface area contributed by atoms with Crippen molar-refractivity contribution in [3.05, 3.63) is 0 Å². The topological polar surface area (TPSA) is 257 Å². The lowest BCUT2D eigenvalue weighted by atomic mass is 10.1. The molecule has 0 aromatic rings. The quantitative estimate of drug-likeness (QED) is 0.103. The number of aliphatic hydroxyl groups excluding tert-OH is 1. The molecule has 0 bridgehead atoms. The third-order valence-corrected chi connectivity index (χ3v) is 4.60. The molecule has 182 valence electrons. The molecule has 0 aromatic carbocycles. The van der Waals surface area contributed by atoms with Crippen LogP contribution >= 0.6 is 12.6 Å². The van der Waals surface area contributed by atoms with Crippen LogP contribution in [0.5, 0.6) is 0 Å². The molecule has 32 heavy (non-hydrogen) atoms. The van der Waals surface area contributed by atoms with Gasteiger partial charge in [-0.15, -0.1) is 0 Å². The molecule has 0 rings (SSSR count). The number of hydrogen-bond acceptors (Lipinski definition) is 9. The van der Waals surface area contributed by atoms with Crippen molar-refractivity contribution < 1.29 is 39.0 Å². The molecule has 5 amide bonds. The lowest BCUT2D eigenvalue weighted by Gasteiger charge is -2.25. The van der Waals surface area contributed by atoms with E-state index in [2.05, 4.69) is 28.6 Å². The van der Waals surface area contributed by atoms with Gasteiger partial charge in [-0.3, -0.25) is 24.0 Å². The first kappa shape index (κ1) is 29.1. The van der Waals surface area contributed by atoms with Gasteiger partial charge in [0.15, 0.2) is 6.04 Å². The number of rotatable bonds is 15. The maximum absolute atomic E-state index is 12.7. The Kier molecular flexibility index (Phi) is 12.9. The minimum Gasteiger partial charge on any atom is -0.480 e. The van der Waals surface area contributed by atoms with Crippen LogP contribution in [0.3, 0.4) is 0 Å². The van der Waals surface area contributed by atoms with E-state index in [1.807, 2.05) is 0 Å². The van der Waals surface area contributed by atoms with Crippen LogP contribution in [0, 0.1) is 0 Å². The van der Waals surface area contributed by atoms with E-state index in [4.69, 9.17) is 22.3 Å². The normalized spacial score (nSPS) is 15.4. The molecule has 0 spiro atoms. The molecule has 0 heterocycles. The number of primary amides is 2. The number of carbonyl (C=O) groups is 6. The number of carbonyl (C=O) groups excluding carboxylic acids is 5. The molecule has 0 aliphatic heterocycles. The molecule has 0 saturated heterocycles. The Balaban J connectivity index is 5.57. The van der Waals surface area contributed by atoms with E-state index in [9.17, 15) is 33.9 Å². The Bertz CT molecular complexity index is 719. The van der Waals surface area contributed by atoms with Crippen LogP contribution in [-0.2, 0) is 28.8 Å². The van der Waals surface area contributed by atoms with E-state index in [1.54, 1.807) is 0 Å². The zero-order valence-electron chi connectivity index (χ0n) is 17.4. The van der Waals surface area contributed by atoms with Crippen molar-refractivity contribution in [2.45, 2.75) is 62.9 Å². The minimum atomic E-state index is -1.69. The summed E-state index contributed by atoms with van der Waals surface area (Å²) in [5, 5.41) is 25.3. The predicted octanol–water partition coefficient (Wildman–Crippen LogP) is -4.31. The predicted molar refractivity (Wildman–Crippen MR) is 114 cm³/mol. The van der Waals surface area contributed by atoms with Gasteiger partial charge in [-0.05, 0) is 19.8 Å². The molecular weight excluding hydrogens is 448 g/mol. The van der Waals surface area contributed by atoms with Gasteiger partial charge in [0.1, 0.15) is 12.1 Å². The molecule has 0 radical (unpaired) electrons. The molecule has 15 heteroatoms. The zero-order valence-corrected chi connectivity index (χ0v) is 18.3. The van der Waals surface area contributed by atoms with Crippen molar-refractivity contribution in [1.82, 2.24) is 16.0 Å². The minimum absolute atomic E-state index is 0.0322. The molecule has 5 unspecified atom stereocenters. The molecule has 0 saturated carbocycles. The van der Waals surface area contributed by atoms with Gasteiger partial charge in [-0.1, -0.05) is 0 Å². The fraction of sp³-hybridized carbons (Fsp3) is 0.647. The number of nitrogens with one attached hydrogen (secondary N) is 3. The van der Waals surface area contributed by atoms with E-state index in [0.717, 1.165) is 6.92 Å². The Morgan fingerprint density at radius 1 is 0.844 bits per heavy atom. The van der Waals surface area contributed by atoms with Crippen LogP contribution < -0.4 is 33.2 Å². The summed E-state index contributed by atoms with van der Waals surface area (Å²) in [6.07, 6.45) is -2.61. The molecule has 5 atom stereocenters. The Morgan fingerprint density at radius 3 is 1.59 bits per heavy atom. The van der Waals surface area contributed by atoms with Crippen molar-refractivity contribution in [1.29, 1.82) is 0 Å². The van der Waals surface area contributed by atoms with Gasteiger partial charge in [0.2, 0.25) is 29.5 Å². The number of aliphatic carboxylic acids is 1. The van der Waals surface area contributed by atoms with E-state index < -0.39 is 65.8 Å². The van der Waals surface area contributed by atoms with Crippen LogP contribution in [-0.4, -0.2) is 81.7 Å². The number of carboxylic acid groups (broad SMARTS) is 1. The van der Waals surface area contributed by atoms with Crippen LogP contribution in [0.15, 0.2) is 0 Å². The molecule has 0 fully saturated rings. The largest absolute Gasteiger partial charge is 0.480 e. The van der Waals surface area contributed by atoms with Crippen molar-refractivity contribution in [2.75, 3.05) is 5.75 Å². The molecule has 0 aromatic heterocycles. The summed E-state index contributed by atoms with van der Waals surface area (Å²) in [4.78, 5) is 70.7. The van der Waals surface area contributed by atoms with E-state index >= 15 is 0 Å². The second-order valence-electron chi connectivity index (χ2n) is 6.99. The molecule has 0 aliphatic rings. The van der Waals surface area contributed by atoms with Crippen molar-refractivity contribution in [3.63, 3.8) is 0 Å². The first-order valence-electron chi connectivity index (χ1n) is 9.55. The second kappa shape index (κ2) is 14.2. The highest BCUT2D eigenvalue weighted by molar-refractivity contribution is 7.80. The monoisotopic (exact) mass is 478 g/mol. The van der Waals surface area contributed by atoms with E-state index in [-0.39, 0.29) is 31.4 Å². The number of carboxylic acids is 1. The summed E-state index contributed by atoms with van der Waals surface area (Å²) >= 11 is 3.88. The SMILES string of the molecule is CC(O)C(NC(=O)C(CCC(N)=O)NC(=O)C(CCC(N)=O)NC(=O)C(N)CS)C(=O)O. The fourth-order valence-corrected chi connectivity index (χ4v) is 2.55. The van der Waals surface area contributed by atoms with Gasteiger partial charge in [0, 0.05) is 18.6 Å². The van der Waals surface area contributed by atoms with Crippen LogP contribution in [0.1, 0.15) is 32.6 Å². The first-order valence-corrected chi connectivity index (χ1v) is 10.2. The van der Waals surface area contributed by atoms with Crippen molar-refractivity contribution >= 4 is 48.1 Å². The lowest BCUT2D eigenvalue weighted by molar-refractivity contribution is -0.145. The fourth-order valence-electron chi connectivity index (χ4n) is 2.39. The number of amides is 5. The van der Waals surface area contributed by atoms with Gasteiger partial charge in [0.05, 0.1) is 12.1 Å². The van der Waals surface area contributed by atoms with E-state index in [0.29, 0.717) is 0 Å².